The van der Waals surface area contributed by atoms with Crippen LogP contribution in [-0.2, 0) is 0 Å². The van der Waals surface area contributed by atoms with Gasteiger partial charge in [-0.05, 0) is 65.1 Å². The molecule has 0 saturated carbocycles. The summed E-state index contributed by atoms with van der Waals surface area (Å²) < 4.78 is 0.765. The number of carboxylic acid groups (broad SMARTS) is 1. The molecular weight excluding hydrogens is 383 g/mol. The van der Waals surface area contributed by atoms with Crippen molar-refractivity contribution in [2.45, 2.75) is 0 Å². The quantitative estimate of drug-likeness (QED) is 0.786. The van der Waals surface area contributed by atoms with Crippen LogP contribution in [0, 0.1) is 14.9 Å². The van der Waals surface area contributed by atoms with Gasteiger partial charge < -0.3 is 10.4 Å². The molecule has 0 aliphatic heterocycles. The van der Waals surface area contributed by atoms with Crippen molar-refractivity contribution in [3.63, 3.8) is 0 Å². The van der Waals surface area contributed by atoms with E-state index in [-0.39, 0.29) is 11.3 Å². The lowest BCUT2D eigenvalue weighted by molar-refractivity contribution is 0.0698. The Kier molecular flexibility index (Phi) is 4.55. The van der Waals surface area contributed by atoms with Crippen LogP contribution in [0.5, 0.6) is 0 Å². The Hall–Kier alpha value is -2.40. The van der Waals surface area contributed by atoms with E-state index in [1.165, 1.54) is 30.3 Å². The number of nitrogens with zero attached hydrogens (tertiary/aromatic N) is 1. The van der Waals surface area contributed by atoms with Crippen LogP contribution in [0.2, 0.25) is 0 Å². The van der Waals surface area contributed by atoms with Crippen molar-refractivity contribution in [3.8, 4) is 6.07 Å². The predicted octanol–water partition coefficient (Wildman–Crippen LogP) is 3.11. The van der Waals surface area contributed by atoms with E-state index in [2.05, 4.69) is 5.32 Å². The highest BCUT2D eigenvalue weighted by atomic mass is 127. The zero-order valence-electron chi connectivity index (χ0n) is 10.6. The topological polar surface area (TPSA) is 90.2 Å². The summed E-state index contributed by atoms with van der Waals surface area (Å²) in [5.74, 6) is -1.54. The fourth-order valence-electron chi connectivity index (χ4n) is 1.69. The van der Waals surface area contributed by atoms with Gasteiger partial charge in [0, 0.05) is 9.13 Å². The third-order valence-electron chi connectivity index (χ3n) is 2.74. The van der Waals surface area contributed by atoms with Crippen molar-refractivity contribution in [2.24, 2.45) is 0 Å². The van der Waals surface area contributed by atoms with Crippen LogP contribution in [0.3, 0.4) is 0 Å². The van der Waals surface area contributed by atoms with Gasteiger partial charge in [-0.25, -0.2) is 4.79 Å². The van der Waals surface area contributed by atoms with Gasteiger partial charge in [0.2, 0.25) is 0 Å². The number of benzene rings is 2. The third kappa shape index (κ3) is 3.58. The molecule has 6 heteroatoms. The Labute approximate surface area is 134 Å². The van der Waals surface area contributed by atoms with Crippen LogP contribution in [0.15, 0.2) is 42.5 Å². The van der Waals surface area contributed by atoms with Gasteiger partial charge in [-0.1, -0.05) is 0 Å². The number of carbonyl (C=O) groups is 2. The van der Waals surface area contributed by atoms with E-state index >= 15 is 0 Å². The Morgan fingerprint density at radius 3 is 2.38 bits per heavy atom. The van der Waals surface area contributed by atoms with Gasteiger partial charge in [-0.3, -0.25) is 4.79 Å². The first kappa shape index (κ1) is 15.0. The molecule has 0 heterocycles. The average molecular weight is 392 g/mol. The maximum Gasteiger partial charge on any atom is 0.337 e. The highest BCUT2D eigenvalue weighted by Crippen LogP contribution is 2.20. The number of nitriles is 1. The Bertz CT molecular complexity index is 749. The molecule has 0 radical (unpaired) electrons. The fourth-order valence-corrected chi connectivity index (χ4v) is 2.18. The van der Waals surface area contributed by atoms with Crippen LogP contribution >= 0.6 is 22.6 Å². The summed E-state index contributed by atoms with van der Waals surface area (Å²) in [7, 11) is 0. The lowest BCUT2D eigenvalue weighted by Gasteiger charge is -2.09. The number of halogens is 1. The van der Waals surface area contributed by atoms with Gasteiger partial charge in [0.05, 0.1) is 22.9 Å². The highest BCUT2D eigenvalue weighted by Gasteiger charge is 2.14. The number of nitrogens with one attached hydrogen (secondary N) is 1. The first-order valence-corrected chi connectivity index (χ1v) is 6.93. The molecule has 0 bridgehead atoms. The largest absolute Gasteiger partial charge is 0.478 e. The Morgan fingerprint density at radius 2 is 1.81 bits per heavy atom. The number of aromatic carboxylic acids is 1. The van der Waals surface area contributed by atoms with Crippen molar-refractivity contribution in [3.05, 3.63) is 62.7 Å². The predicted molar refractivity (Wildman–Crippen MR) is 85.2 cm³/mol. The molecular formula is C15H9IN2O3. The normalized spacial score (nSPS) is 9.71. The van der Waals surface area contributed by atoms with E-state index in [0.717, 1.165) is 3.57 Å². The molecule has 5 nitrogen and oxygen atoms in total. The number of hydrogen-bond acceptors (Lipinski definition) is 3. The van der Waals surface area contributed by atoms with E-state index in [1.807, 2.05) is 28.7 Å². The Morgan fingerprint density at radius 1 is 1.14 bits per heavy atom. The molecule has 0 spiro atoms. The molecule has 2 aromatic carbocycles. The summed E-state index contributed by atoms with van der Waals surface area (Å²) >= 11 is 2.00. The average Bonchev–Trinajstić information content (AvgIpc) is 2.49. The maximum atomic E-state index is 12.1. The standard InChI is InChI=1S/C15H9IN2O3/c16-11-5-6-13(12(7-11)15(20)21)18-14(19)10-3-1-9(8-17)2-4-10/h1-7H,(H,18,19)(H,20,21). The van der Waals surface area contributed by atoms with E-state index in [1.54, 1.807) is 12.1 Å². The van der Waals surface area contributed by atoms with Gasteiger partial charge in [-0.15, -0.1) is 0 Å². The molecule has 0 unspecified atom stereocenters. The second kappa shape index (κ2) is 6.37. The van der Waals surface area contributed by atoms with Crippen LogP contribution in [0.25, 0.3) is 0 Å². The summed E-state index contributed by atoms with van der Waals surface area (Å²) in [6.07, 6.45) is 0. The molecule has 0 aromatic heterocycles. The Balaban J connectivity index is 2.27. The van der Waals surface area contributed by atoms with E-state index in [0.29, 0.717) is 11.1 Å². The van der Waals surface area contributed by atoms with Crippen molar-refractivity contribution in [1.29, 1.82) is 5.26 Å². The van der Waals surface area contributed by atoms with E-state index in [9.17, 15) is 9.59 Å². The lowest BCUT2D eigenvalue weighted by atomic mass is 10.1. The van der Waals surface area contributed by atoms with E-state index < -0.39 is 11.9 Å². The van der Waals surface area contributed by atoms with Crippen molar-refractivity contribution >= 4 is 40.2 Å². The molecule has 2 N–H and O–H groups in total. The van der Waals surface area contributed by atoms with Gasteiger partial charge in [0.1, 0.15) is 0 Å². The van der Waals surface area contributed by atoms with Gasteiger partial charge in [0.25, 0.3) is 5.91 Å². The molecule has 0 aliphatic rings. The van der Waals surface area contributed by atoms with Crippen molar-refractivity contribution in [2.75, 3.05) is 5.32 Å². The highest BCUT2D eigenvalue weighted by molar-refractivity contribution is 14.1. The number of rotatable bonds is 3. The molecule has 2 rings (SSSR count). The second-order valence-electron chi connectivity index (χ2n) is 4.14. The zero-order valence-corrected chi connectivity index (χ0v) is 12.8. The third-order valence-corrected chi connectivity index (χ3v) is 3.41. The number of carboxylic acids is 1. The molecule has 0 aliphatic carbocycles. The number of anilines is 1. The summed E-state index contributed by atoms with van der Waals surface area (Å²) in [5.41, 5.74) is 1.07. The van der Waals surface area contributed by atoms with Crippen LogP contribution < -0.4 is 5.32 Å². The molecule has 21 heavy (non-hydrogen) atoms. The molecule has 1 amide bonds. The number of carbonyl (C=O) groups excluding carboxylic acids is 1. The molecule has 0 saturated heterocycles. The van der Waals surface area contributed by atoms with Gasteiger partial charge in [-0.2, -0.15) is 5.26 Å². The fraction of sp³-hybridized carbons (Fsp3) is 0. The monoisotopic (exact) mass is 392 g/mol. The molecule has 0 fully saturated rings. The van der Waals surface area contributed by atoms with Crippen molar-refractivity contribution < 1.29 is 14.7 Å². The zero-order chi connectivity index (χ0) is 15.4. The minimum Gasteiger partial charge on any atom is -0.478 e. The molecule has 104 valence electrons. The van der Waals surface area contributed by atoms with Crippen molar-refractivity contribution in [1.82, 2.24) is 0 Å². The minimum atomic E-state index is -1.11. The van der Waals surface area contributed by atoms with E-state index in [4.69, 9.17) is 10.4 Å². The minimum absolute atomic E-state index is 0.0314. The summed E-state index contributed by atoms with van der Waals surface area (Å²) in [6.45, 7) is 0. The lowest BCUT2D eigenvalue weighted by Crippen LogP contribution is -2.15. The number of amides is 1. The molecule has 2 aromatic rings. The van der Waals surface area contributed by atoms with Crippen LogP contribution in [0.1, 0.15) is 26.3 Å². The smallest absolute Gasteiger partial charge is 0.337 e. The molecule has 0 atom stereocenters. The first-order valence-electron chi connectivity index (χ1n) is 5.85. The maximum absolute atomic E-state index is 12.1. The van der Waals surface area contributed by atoms with Gasteiger partial charge in [0.15, 0.2) is 0 Å². The first-order chi connectivity index (χ1) is 10.0. The summed E-state index contributed by atoms with van der Waals surface area (Å²) in [5, 5.41) is 20.4. The summed E-state index contributed by atoms with van der Waals surface area (Å²) in [6, 6.07) is 12.8. The van der Waals surface area contributed by atoms with Crippen LogP contribution in [0.4, 0.5) is 5.69 Å². The second-order valence-corrected chi connectivity index (χ2v) is 5.38. The SMILES string of the molecule is N#Cc1ccc(C(=O)Nc2ccc(I)cc2C(=O)O)cc1. The summed E-state index contributed by atoms with van der Waals surface area (Å²) in [4.78, 5) is 23.3. The number of hydrogen-bond donors (Lipinski definition) is 2. The van der Waals surface area contributed by atoms with Crippen LogP contribution in [-0.4, -0.2) is 17.0 Å². The van der Waals surface area contributed by atoms with Gasteiger partial charge >= 0.3 is 5.97 Å².